The number of benzene rings is 2. The van der Waals surface area contributed by atoms with Gasteiger partial charge in [-0.05, 0) is 17.5 Å². The van der Waals surface area contributed by atoms with E-state index in [4.69, 9.17) is 0 Å². The average Bonchev–Trinajstić information content (AvgIpc) is 3.18. The Morgan fingerprint density at radius 3 is 1.73 bits per heavy atom. The van der Waals surface area contributed by atoms with E-state index >= 15 is 0 Å². The van der Waals surface area contributed by atoms with Crippen molar-refractivity contribution in [2.45, 2.75) is 64.2 Å². The molecule has 4 heteroatoms. The molecule has 2 aromatic rings. The van der Waals surface area contributed by atoms with Crippen LogP contribution in [-0.2, 0) is 27.1 Å². The molecule has 1 aliphatic carbocycles. The zero-order chi connectivity index (χ0) is 18.2. The normalized spacial score (nSPS) is 12.3. The van der Waals surface area contributed by atoms with Crippen LogP contribution in [0.25, 0.3) is 0 Å². The largest absolute Gasteiger partial charge is 4.00 e. The van der Waals surface area contributed by atoms with Crippen molar-refractivity contribution in [2.75, 3.05) is 0 Å². The van der Waals surface area contributed by atoms with Gasteiger partial charge in [-0.3, -0.25) is 0 Å². The maximum Gasteiger partial charge on any atom is 4.00 e. The van der Waals surface area contributed by atoms with E-state index in [0.29, 0.717) is 0 Å². The second kappa shape index (κ2) is 16.2. The minimum absolute atomic E-state index is 0. The molecule has 0 saturated heterocycles. The number of unbranched alkanes of at least 4 members (excludes halogenated alkanes) is 2. The number of hydrogen-bond donors (Lipinski definition) is 0. The summed E-state index contributed by atoms with van der Waals surface area (Å²) in [7, 11) is 0. The molecule has 0 aromatic heterocycles. The first-order chi connectivity index (χ1) is 12.8. The standard InChI is InChI=1S/C26H31.3ClH.Ti/c1-3-5-13-22-18-19-25(21-22)26(20-6-4-2,23-14-9-7-10-15-23)24-16-11-8-12-17-24;;;;/h7-12,14-18H,3-6,13,19-20H2,1-2H3;3*1H;/q-1;;;;+4/p-3. The fourth-order valence-corrected chi connectivity index (χ4v) is 4.18. The van der Waals surface area contributed by atoms with E-state index in [1.54, 1.807) is 0 Å². The van der Waals surface area contributed by atoms with Gasteiger partial charge in [0, 0.05) is 5.41 Å². The quantitative estimate of drug-likeness (QED) is 0.290. The van der Waals surface area contributed by atoms with Gasteiger partial charge in [0.1, 0.15) is 0 Å². The van der Waals surface area contributed by atoms with E-state index < -0.39 is 0 Å². The van der Waals surface area contributed by atoms with Gasteiger partial charge in [-0.25, -0.2) is 17.7 Å². The number of halogens is 3. The summed E-state index contributed by atoms with van der Waals surface area (Å²) in [6.07, 6.45) is 14.5. The Hall–Kier alpha value is -0.496. The zero-order valence-corrected chi connectivity index (χ0v) is 21.8. The fraction of sp³-hybridized carbons (Fsp3) is 0.385. The molecular formula is C26H31Cl3Ti. The van der Waals surface area contributed by atoms with Crippen LogP contribution in [0.15, 0.2) is 77.9 Å². The van der Waals surface area contributed by atoms with Crippen LogP contribution in [0.4, 0.5) is 0 Å². The van der Waals surface area contributed by atoms with Gasteiger partial charge in [0.05, 0.1) is 0 Å². The summed E-state index contributed by atoms with van der Waals surface area (Å²) in [5.74, 6) is 0. The van der Waals surface area contributed by atoms with Gasteiger partial charge in [0.15, 0.2) is 0 Å². The molecule has 0 N–H and O–H groups in total. The molecule has 0 heterocycles. The molecule has 0 spiro atoms. The molecule has 0 saturated carbocycles. The molecule has 1 aliphatic rings. The first kappa shape index (κ1) is 31.7. The van der Waals surface area contributed by atoms with Crippen LogP contribution >= 0.6 is 0 Å². The molecule has 0 radical (unpaired) electrons. The smallest absolute Gasteiger partial charge is 1.00 e. The first-order valence-electron chi connectivity index (χ1n) is 10.2. The van der Waals surface area contributed by atoms with Crippen molar-refractivity contribution in [1.82, 2.24) is 0 Å². The maximum absolute atomic E-state index is 3.85. The van der Waals surface area contributed by atoms with Gasteiger partial charge in [-0.2, -0.15) is 5.57 Å². The first-order valence-corrected chi connectivity index (χ1v) is 10.2. The monoisotopic (exact) mass is 496 g/mol. The molecule has 160 valence electrons. The number of rotatable bonds is 9. The Morgan fingerprint density at radius 2 is 1.27 bits per heavy atom. The van der Waals surface area contributed by atoms with Gasteiger partial charge >= 0.3 is 21.7 Å². The number of allylic oxidation sites excluding steroid dienone is 4. The Kier molecular flexibility index (Phi) is 17.1. The van der Waals surface area contributed by atoms with Crippen molar-refractivity contribution in [3.63, 3.8) is 0 Å². The minimum Gasteiger partial charge on any atom is -1.00 e. The summed E-state index contributed by atoms with van der Waals surface area (Å²) in [5, 5.41) is 0. The van der Waals surface area contributed by atoms with E-state index in [1.807, 2.05) is 0 Å². The van der Waals surface area contributed by atoms with Gasteiger partial charge in [-0.1, -0.05) is 113 Å². The van der Waals surface area contributed by atoms with E-state index in [1.165, 1.54) is 48.0 Å². The van der Waals surface area contributed by atoms with Crippen molar-refractivity contribution in [3.05, 3.63) is 95.1 Å². The third-order valence-corrected chi connectivity index (χ3v) is 5.62. The minimum atomic E-state index is -0.0526. The van der Waals surface area contributed by atoms with E-state index in [0.717, 1.165) is 19.3 Å². The summed E-state index contributed by atoms with van der Waals surface area (Å²) in [6.45, 7) is 4.55. The van der Waals surface area contributed by atoms with Crippen LogP contribution in [0.1, 0.15) is 69.9 Å². The van der Waals surface area contributed by atoms with E-state index in [-0.39, 0.29) is 64.4 Å². The van der Waals surface area contributed by atoms with Crippen LogP contribution in [0.3, 0.4) is 0 Å². The Morgan fingerprint density at radius 1 is 0.767 bits per heavy atom. The third kappa shape index (κ3) is 7.28. The summed E-state index contributed by atoms with van der Waals surface area (Å²) in [4.78, 5) is 0. The van der Waals surface area contributed by atoms with Crippen molar-refractivity contribution in [3.8, 4) is 0 Å². The molecule has 0 unspecified atom stereocenters. The molecule has 0 atom stereocenters. The molecule has 0 aliphatic heterocycles. The van der Waals surface area contributed by atoms with Gasteiger partial charge in [0.2, 0.25) is 0 Å². The molecule has 30 heavy (non-hydrogen) atoms. The van der Waals surface area contributed by atoms with Crippen LogP contribution in [0.5, 0.6) is 0 Å². The molecule has 0 fully saturated rings. The summed E-state index contributed by atoms with van der Waals surface area (Å²) in [6, 6.07) is 22.2. The number of hydrogen-bond acceptors (Lipinski definition) is 0. The Labute approximate surface area is 217 Å². The van der Waals surface area contributed by atoms with Crippen molar-refractivity contribution >= 4 is 0 Å². The maximum atomic E-state index is 3.85. The molecule has 0 nitrogen and oxygen atoms in total. The molecule has 2 aromatic carbocycles. The van der Waals surface area contributed by atoms with E-state index in [9.17, 15) is 0 Å². The molecule has 0 bridgehead atoms. The van der Waals surface area contributed by atoms with Crippen LogP contribution in [-0.4, -0.2) is 0 Å². The SMILES string of the molecule is CCCCC1=CCC(C(CCCC)(c2ccccc2)c2ccccc2)=[C-]1.[Cl-].[Cl-].[Cl-].[Ti+4]. The zero-order valence-electron chi connectivity index (χ0n) is 17.9. The van der Waals surface area contributed by atoms with Crippen molar-refractivity contribution < 1.29 is 58.9 Å². The Balaban J connectivity index is 0. The predicted molar refractivity (Wildman–Crippen MR) is 112 cm³/mol. The Bertz CT molecular complexity index is 715. The van der Waals surface area contributed by atoms with Crippen LogP contribution in [0, 0.1) is 6.08 Å². The van der Waals surface area contributed by atoms with Gasteiger partial charge < -0.3 is 37.2 Å². The molecule has 3 rings (SSSR count). The van der Waals surface area contributed by atoms with Gasteiger partial charge in [0.25, 0.3) is 0 Å². The second-order valence-electron chi connectivity index (χ2n) is 7.38. The van der Waals surface area contributed by atoms with Crippen molar-refractivity contribution in [2.24, 2.45) is 0 Å². The molecular weight excluding hydrogens is 467 g/mol. The van der Waals surface area contributed by atoms with E-state index in [2.05, 4.69) is 86.7 Å². The third-order valence-electron chi connectivity index (χ3n) is 5.62. The topological polar surface area (TPSA) is 0 Å². The van der Waals surface area contributed by atoms with Gasteiger partial charge in [-0.15, -0.1) is 0 Å². The summed E-state index contributed by atoms with van der Waals surface area (Å²) < 4.78 is 0. The predicted octanol–water partition coefficient (Wildman–Crippen LogP) is -1.58. The summed E-state index contributed by atoms with van der Waals surface area (Å²) >= 11 is 0. The molecule has 0 amide bonds. The average molecular weight is 498 g/mol. The van der Waals surface area contributed by atoms with Crippen LogP contribution in [0.2, 0.25) is 0 Å². The summed E-state index contributed by atoms with van der Waals surface area (Å²) in [5.41, 5.74) is 5.63. The van der Waals surface area contributed by atoms with Crippen molar-refractivity contribution in [1.29, 1.82) is 0 Å². The fourth-order valence-electron chi connectivity index (χ4n) is 4.18. The van der Waals surface area contributed by atoms with Crippen LogP contribution < -0.4 is 37.2 Å². The second-order valence-corrected chi connectivity index (χ2v) is 7.38.